The summed E-state index contributed by atoms with van der Waals surface area (Å²) in [5.74, 6) is 0.646. The molecule has 2 aromatic rings. The van der Waals surface area contributed by atoms with Gasteiger partial charge in [-0.15, -0.1) is 0 Å². The summed E-state index contributed by atoms with van der Waals surface area (Å²) in [6, 6.07) is 5.70. The highest BCUT2D eigenvalue weighted by molar-refractivity contribution is 6.42. The summed E-state index contributed by atoms with van der Waals surface area (Å²) in [5, 5.41) is 13.1. The first-order valence-corrected chi connectivity index (χ1v) is 6.64. The van der Waals surface area contributed by atoms with E-state index in [2.05, 4.69) is 21.4 Å². The fourth-order valence-corrected chi connectivity index (χ4v) is 2.15. The lowest BCUT2D eigenvalue weighted by atomic mass is 10.1. The van der Waals surface area contributed by atoms with Crippen LogP contribution in [0.1, 0.15) is 12.8 Å². The van der Waals surface area contributed by atoms with Crippen molar-refractivity contribution < 1.29 is 0 Å². The zero-order chi connectivity index (χ0) is 13.5. The second-order valence-electron chi connectivity index (χ2n) is 4.76. The van der Waals surface area contributed by atoms with E-state index in [9.17, 15) is 0 Å². The third-order valence-electron chi connectivity index (χ3n) is 3.28. The average Bonchev–Trinajstić information content (AvgIpc) is 3.18. The second kappa shape index (κ2) is 4.52. The van der Waals surface area contributed by atoms with E-state index in [1.54, 1.807) is 18.3 Å². The molecule has 96 valence electrons. The van der Waals surface area contributed by atoms with Crippen molar-refractivity contribution in [1.82, 2.24) is 9.97 Å². The Labute approximate surface area is 120 Å². The number of hydrogen-bond acceptors (Lipinski definition) is 4. The van der Waals surface area contributed by atoms with Gasteiger partial charge in [0.2, 0.25) is 0 Å². The Morgan fingerprint density at radius 3 is 2.58 bits per heavy atom. The Morgan fingerprint density at radius 1 is 1.26 bits per heavy atom. The third kappa shape index (κ3) is 2.44. The van der Waals surface area contributed by atoms with Gasteiger partial charge in [0.05, 0.1) is 38.8 Å². The van der Waals surface area contributed by atoms with Crippen LogP contribution in [0.3, 0.4) is 0 Å². The fraction of sp³-hybridized carbons (Fsp3) is 0.308. The van der Waals surface area contributed by atoms with Crippen LogP contribution in [0.25, 0.3) is 11.0 Å². The lowest BCUT2D eigenvalue weighted by Gasteiger charge is -2.09. The maximum Gasteiger partial charge on any atom is 0.145 e. The molecule has 1 N–H and O–H groups in total. The normalized spacial score (nSPS) is 16.1. The van der Waals surface area contributed by atoms with Crippen LogP contribution in [0, 0.1) is 16.7 Å². The number of anilines is 1. The molecule has 4 nitrogen and oxygen atoms in total. The van der Waals surface area contributed by atoms with Crippen LogP contribution in [-0.2, 0) is 0 Å². The minimum Gasteiger partial charge on any atom is -0.367 e. The van der Waals surface area contributed by atoms with Gasteiger partial charge in [-0.25, -0.2) is 4.98 Å². The first-order valence-electron chi connectivity index (χ1n) is 5.89. The van der Waals surface area contributed by atoms with Gasteiger partial charge in [-0.05, 0) is 25.0 Å². The molecule has 0 saturated heterocycles. The van der Waals surface area contributed by atoms with Gasteiger partial charge < -0.3 is 5.32 Å². The van der Waals surface area contributed by atoms with Crippen LogP contribution in [-0.4, -0.2) is 16.5 Å². The number of halogens is 2. The molecule has 6 heteroatoms. The molecule has 0 atom stereocenters. The van der Waals surface area contributed by atoms with Crippen LogP contribution in [0.2, 0.25) is 10.0 Å². The van der Waals surface area contributed by atoms with E-state index in [-0.39, 0.29) is 5.41 Å². The number of rotatable bonds is 3. The lowest BCUT2D eigenvalue weighted by Crippen LogP contribution is -2.14. The molecule has 0 radical (unpaired) electrons. The van der Waals surface area contributed by atoms with Crippen LogP contribution in [0.4, 0.5) is 5.82 Å². The van der Waals surface area contributed by atoms with E-state index < -0.39 is 0 Å². The first-order chi connectivity index (χ1) is 9.12. The minimum atomic E-state index is -0.214. The smallest absolute Gasteiger partial charge is 0.145 e. The van der Waals surface area contributed by atoms with Crippen molar-refractivity contribution in [3.63, 3.8) is 0 Å². The van der Waals surface area contributed by atoms with Crippen molar-refractivity contribution in [3.8, 4) is 6.07 Å². The fourth-order valence-electron chi connectivity index (χ4n) is 1.83. The van der Waals surface area contributed by atoms with Gasteiger partial charge in [-0.2, -0.15) is 5.26 Å². The van der Waals surface area contributed by atoms with Crippen LogP contribution < -0.4 is 5.32 Å². The molecule has 1 aromatic carbocycles. The van der Waals surface area contributed by atoms with Gasteiger partial charge >= 0.3 is 0 Å². The van der Waals surface area contributed by atoms with E-state index in [1.807, 2.05) is 0 Å². The molecule has 1 fully saturated rings. The van der Waals surface area contributed by atoms with Gasteiger partial charge in [0.15, 0.2) is 0 Å². The Bertz CT molecular complexity index is 689. The molecule has 3 rings (SSSR count). The Hall–Kier alpha value is -1.57. The highest BCUT2D eigenvalue weighted by atomic mass is 35.5. The van der Waals surface area contributed by atoms with E-state index in [4.69, 9.17) is 28.5 Å². The van der Waals surface area contributed by atoms with Crippen molar-refractivity contribution in [2.75, 3.05) is 11.9 Å². The summed E-state index contributed by atoms with van der Waals surface area (Å²) >= 11 is 11.9. The monoisotopic (exact) mass is 292 g/mol. The largest absolute Gasteiger partial charge is 0.367 e. The van der Waals surface area contributed by atoms with Crippen molar-refractivity contribution in [1.29, 1.82) is 5.26 Å². The maximum absolute atomic E-state index is 9.02. The molecule has 0 aliphatic heterocycles. The Balaban J connectivity index is 1.85. The summed E-state index contributed by atoms with van der Waals surface area (Å²) in [5.41, 5.74) is 1.16. The summed E-state index contributed by atoms with van der Waals surface area (Å²) in [6.07, 6.45) is 3.53. The number of nitrogens with one attached hydrogen (secondary N) is 1. The molecule has 1 aromatic heterocycles. The molecule has 0 bridgehead atoms. The van der Waals surface area contributed by atoms with E-state index in [0.29, 0.717) is 33.4 Å². The summed E-state index contributed by atoms with van der Waals surface area (Å²) in [4.78, 5) is 8.70. The van der Waals surface area contributed by atoms with E-state index in [0.717, 1.165) is 12.8 Å². The molecular weight excluding hydrogens is 283 g/mol. The number of aromatic nitrogens is 2. The predicted octanol–water partition coefficient (Wildman–Crippen LogP) is 3.65. The number of hydrogen-bond donors (Lipinski definition) is 1. The predicted molar refractivity (Wildman–Crippen MR) is 75.3 cm³/mol. The second-order valence-corrected chi connectivity index (χ2v) is 5.57. The number of nitrogens with zero attached hydrogens (tertiary/aromatic N) is 3. The van der Waals surface area contributed by atoms with Crippen molar-refractivity contribution in [3.05, 3.63) is 28.4 Å². The van der Waals surface area contributed by atoms with Gasteiger partial charge in [0.1, 0.15) is 5.82 Å². The van der Waals surface area contributed by atoms with Crippen LogP contribution in [0.5, 0.6) is 0 Å². The minimum absolute atomic E-state index is 0.214. The Morgan fingerprint density at radius 2 is 1.95 bits per heavy atom. The molecule has 1 saturated carbocycles. The topological polar surface area (TPSA) is 61.6 Å². The number of benzene rings is 1. The van der Waals surface area contributed by atoms with Crippen LogP contribution in [0.15, 0.2) is 18.3 Å². The molecule has 1 aliphatic rings. The summed E-state index contributed by atoms with van der Waals surface area (Å²) < 4.78 is 0. The molecule has 0 unspecified atom stereocenters. The zero-order valence-corrected chi connectivity index (χ0v) is 11.5. The van der Waals surface area contributed by atoms with Crippen molar-refractivity contribution in [2.24, 2.45) is 5.41 Å². The average molecular weight is 293 g/mol. The molecule has 1 aliphatic carbocycles. The Kier molecular flexibility index (Phi) is 2.96. The van der Waals surface area contributed by atoms with Gasteiger partial charge in [0, 0.05) is 6.54 Å². The zero-order valence-electron chi connectivity index (χ0n) is 9.95. The standard InChI is InChI=1S/C13H10Cl2N4/c14-8-3-10-11(4-9(8)15)19-12(5-17-10)18-7-13(6-16)1-2-13/h3-5H,1-2,7H2,(H,18,19). The summed E-state index contributed by atoms with van der Waals surface area (Å²) in [6.45, 7) is 0.602. The van der Waals surface area contributed by atoms with E-state index >= 15 is 0 Å². The lowest BCUT2D eigenvalue weighted by molar-refractivity contribution is 0.709. The highest BCUT2D eigenvalue weighted by Crippen LogP contribution is 2.44. The van der Waals surface area contributed by atoms with Crippen LogP contribution >= 0.6 is 23.2 Å². The van der Waals surface area contributed by atoms with Gasteiger partial charge in [-0.3, -0.25) is 4.98 Å². The molecule has 1 heterocycles. The molecule has 0 spiro atoms. The van der Waals surface area contributed by atoms with Crippen molar-refractivity contribution >= 4 is 40.1 Å². The third-order valence-corrected chi connectivity index (χ3v) is 4.01. The van der Waals surface area contributed by atoms with Gasteiger partial charge in [-0.1, -0.05) is 23.2 Å². The molecule has 0 amide bonds. The molecular formula is C13H10Cl2N4. The van der Waals surface area contributed by atoms with E-state index in [1.165, 1.54) is 0 Å². The number of fused-ring (bicyclic) bond motifs is 1. The highest BCUT2D eigenvalue weighted by Gasteiger charge is 2.42. The molecule has 19 heavy (non-hydrogen) atoms. The first kappa shape index (κ1) is 12.5. The van der Waals surface area contributed by atoms with Crippen molar-refractivity contribution in [2.45, 2.75) is 12.8 Å². The van der Waals surface area contributed by atoms with Gasteiger partial charge in [0.25, 0.3) is 0 Å². The summed E-state index contributed by atoms with van der Waals surface area (Å²) in [7, 11) is 0. The number of nitriles is 1. The SMILES string of the molecule is N#CC1(CNc2cnc3cc(Cl)c(Cl)cc3n2)CC1. The maximum atomic E-state index is 9.02. The quantitative estimate of drug-likeness (QED) is 0.938.